The van der Waals surface area contributed by atoms with Crippen LogP contribution in [0.15, 0.2) is 12.1 Å². The standard InChI is InChI=1S/C8H8FNO2/c1-4-2-3-5(8(11)12)7(10)6(4)9/h2-3H,10H2,1H3,(H,11,12). The second kappa shape index (κ2) is 2.81. The number of hydrogen-bond donors (Lipinski definition) is 2. The summed E-state index contributed by atoms with van der Waals surface area (Å²) >= 11 is 0. The van der Waals surface area contributed by atoms with Crippen LogP contribution >= 0.6 is 0 Å². The molecule has 4 heteroatoms. The number of aromatic carboxylic acids is 1. The normalized spacial score (nSPS) is 9.83. The van der Waals surface area contributed by atoms with Crippen LogP contribution in [-0.2, 0) is 0 Å². The lowest BCUT2D eigenvalue weighted by Gasteiger charge is -2.03. The predicted octanol–water partition coefficient (Wildman–Crippen LogP) is 1.41. The third kappa shape index (κ3) is 1.23. The van der Waals surface area contributed by atoms with Gasteiger partial charge >= 0.3 is 5.97 Å². The maximum absolute atomic E-state index is 13.0. The highest BCUT2D eigenvalue weighted by Crippen LogP contribution is 2.19. The first-order valence-electron chi connectivity index (χ1n) is 3.32. The molecule has 0 unspecified atom stereocenters. The summed E-state index contributed by atoms with van der Waals surface area (Å²) < 4.78 is 13.0. The molecular weight excluding hydrogens is 161 g/mol. The van der Waals surface area contributed by atoms with Gasteiger partial charge in [-0.3, -0.25) is 0 Å². The molecular formula is C8H8FNO2. The van der Waals surface area contributed by atoms with Crippen molar-refractivity contribution in [2.75, 3.05) is 5.73 Å². The highest BCUT2D eigenvalue weighted by atomic mass is 19.1. The zero-order valence-electron chi connectivity index (χ0n) is 6.47. The second-order valence-corrected chi connectivity index (χ2v) is 2.46. The van der Waals surface area contributed by atoms with Gasteiger partial charge in [-0.2, -0.15) is 0 Å². The molecule has 0 aliphatic carbocycles. The number of nitrogen functional groups attached to an aromatic ring is 1. The van der Waals surface area contributed by atoms with Crippen molar-refractivity contribution in [1.82, 2.24) is 0 Å². The highest BCUT2D eigenvalue weighted by molar-refractivity contribution is 5.93. The number of carbonyl (C=O) groups is 1. The Bertz CT molecular complexity index is 336. The van der Waals surface area contributed by atoms with Crippen LogP contribution in [0.3, 0.4) is 0 Å². The quantitative estimate of drug-likeness (QED) is 0.625. The van der Waals surface area contributed by atoms with E-state index in [-0.39, 0.29) is 11.3 Å². The number of anilines is 1. The van der Waals surface area contributed by atoms with Crippen molar-refractivity contribution in [3.05, 3.63) is 29.1 Å². The number of rotatable bonds is 1. The summed E-state index contributed by atoms with van der Waals surface area (Å²) in [7, 11) is 0. The molecule has 3 nitrogen and oxygen atoms in total. The average molecular weight is 169 g/mol. The van der Waals surface area contributed by atoms with Crippen LogP contribution in [0.2, 0.25) is 0 Å². The van der Waals surface area contributed by atoms with Gasteiger partial charge in [0.05, 0.1) is 11.3 Å². The fourth-order valence-electron chi connectivity index (χ4n) is 0.888. The van der Waals surface area contributed by atoms with E-state index in [0.29, 0.717) is 5.56 Å². The number of carboxylic acid groups (broad SMARTS) is 1. The monoisotopic (exact) mass is 169 g/mol. The summed E-state index contributed by atoms with van der Waals surface area (Å²) in [5.74, 6) is -1.87. The van der Waals surface area contributed by atoms with Gasteiger partial charge in [0.1, 0.15) is 5.82 Å². The van der Waals surface area contributed by atoms with Crippen molar-refractivity contribution in [3.63, 3.8) is 0 Å². The lowest BCUT2D eigenvalue weighted by molar-refractivity contribution is 0.0697. The number of carboxylic acids is 1. The zero-order chi connectivity index (χ0) is 9.30. The van der Waals surface area contributed by atoms with Gasteiger partial charge in [0.2, 0.25) is 0 Å². The SMILES string of the molecule is Cc1ccc(C(=O)O)c(N)c1F. The topological polar surface area (TPSA) is 63.3 Å². The molecule has 0 aliphatic rings. The minimum absolute atomic E-state index is 0.196. The minimum Gasteiger partial charge on any atom is -0.478 e. The Labute approximate surface area is 68.6 Å². The molecule has 1 aromatic rings. The number of hydrogen-bond acceptors (Lipinski definition) is 2. The summed E-state index contributed by atoms with van der Waals surface area (Å²) in [4.78, 5) is 10.4. The lowest BCUT2D eigenvalue weighted by atomic mass is 10.1. The van der Waals surface area contributed by atoms with Gasteiger partial charge in [-0.15, -0.1) is 0 Å². The van der Waals surface area contributed by atoms with Gasteiger partial charge in [-0.1, -0.05) is 6.07 Å². The Balaban J connectivity index is 3.36. The Morgan fingerprint density at radius 3 is 2.67 bits per heavy atom. The largest absolute Gasteiger partial charge is 0.478 e. The van der Waals surface area contributed by atoms with Crippen molar-refractivity contribution in [3.8, 4) is 0 Å². The van der Waals surface area contributed by atoms with Crippen LogP contribution in [0.1, 0.15) is 15.9 Å². The highest BCUT2D eigenvalue weighted by Gasteiger charge is 2.12. The van der Waals surface area contributed by atoms with Gasteiger partial charge < -0.3 is 10.8 Å². The van der Waals surface area contributed by atoms with Crippen LogP contribution < -0.4 is 5.73 Å². The molecule has 0 fully saturated rings. The zero-order valence-corrected chi connectivity index (χ0v) is 6.47. The Morgan fingerprint density at radius 1 is 1.58 bits per heavy atom. The third-order valence-corrected chi connectivity index (χ3v) is 1.60. The molecule has 0 spiro atoms. The number of halogens is 1. The molecule has 1 rings (SSSR count). The summed E-state index contributed by atoms with van der Waals surface area (Å²) in [6, 6.07) is 2.67. The number of nitrogens with two attached hydrogens (primary N) is 1. The van der Waals surface area contributed by atoms with Crippen LogP contribution in [0, 0.1) is 12.7 Å². The van der Waals surface area contributed by atoms with Crippen LogP contribution in [0.4, 0.5) is 10.1 Å². The van der Waals surface area contributed by atoms with Gasteiger partial charge in [0.15, 0.2) is 0 Å². The van der Waals surface area contributed by atoms with E-state index in [2.05, 4.69) is 0 Å². The number of benzene rings is 1. The van der Waals surface area contributed by atoms with Crippen molar-refractivity contribution < 1.29 is 14.3 Å². The summed E-state index contributed by atoms with van der Waals surface area (Å²) in [6.45, 7) is 1.53. The van der Waals surface area contributed by atoms with Crippen molar-refractivity contribution >= 4 is 11.7 Å². The summed E-state index contributed by atoms with van der Waals surface area (Å²) in [6.07, 6.45) is 0. The maximum Gasteiger partial charge on any atom is 0.337 e. The molecule has 0 radical (unpaired) electrons. The first-order valence-corrected chi connectivity index (χ1v) is 3.32. The molecule has 0 heterocycles. The molecule has 0 aromatic heterocycles. The second-order valence-electron chi connectivity index (χ2n) is 2.46. The summed E-state index contributed by atoms with van der Waals surface area (Å²) in [5, 5.41) is 8.53. The van der Waals surface area contributed by atoms with Crippen LogP contribution in [0.25, 0.3) is 0 Å². The average Bonchev–Trinajstić information content (AvgIpc) is 2.00. The van der Waals surface area contributed by atoms with E-state index in [1.165, 1.54) is 19.1 Å². The smallest absolute Gasteiger partial charge is 0.337 e. The first kappa shape index (κ1) is 8.52. The molecule has 1 aromatic carbocycles. The molecule has 0 aliphatic heterocycles. The van der Waals surface area contributed by atoms with E-state index in [1.54, 1.807) is 0 Å². The molecule has 0 bridgehead atoms. The minimum atomic E-state index is -1.22. The van der Waals surface area contributed by atoms with E-state index in [9.17, 15) is 9.18 Å². The fourth-order valence-corrected chi connectivity index (χ4v) is 0.888. The van der Waals surface area contributed by atoms with Gasteiger partial charge in [0.25, 0.3) is 0 Å². The lowest BCUT2D eigenvalue weighted by Crippen LogP contribution is -2.05. The van der Waals surface area contributed by atoms with Gasteiger partial charge in [0, 0.05) is 0 Å². The summed E-state index contributed by atoms with van der Waals surface area (Å²) in [5.41, 5.74) is 5.07. The van der Waals surface area contributed by atoms with Crippen molar-refractivity contribution in [2.24, 2.45) is 0 Å². The third-order valence-electron chi connectivity index (χ3n) is 1.60. The van der Waals surface area contributed by atoms with Crippen molar-refractivity contribution in [2.45, 2.75) is 6.92 Å². The molecule has 0 saturated carbocycles. The van der Waals surface area contributed by atoms with E-state index in [4.69, 9.17) is 10.8 Å². The van der Waals surface area contributed by atoms with Gasteiger partial charge in [-0.05, 0) is 18.6 Å². The Morgan fingerprint density at radius 2 is 2.17 bits per heavy atom. The molecule has 12 heavy (non-hydrogen) atoms. The molecule has 0 atom stereocenters. The van der Waals surface area contributed by atoms with E-state index in [1.807, 2.05) is 0 Å². The van der Waals surface area contributed by atoms with Crippen LogP contribution in [0.5, 0.6) is 0 Å². The Hall–Kier alpha value is -1.58. The van der Waals surface area contributed by atoms with Crippen LogP contribution in [-0.4, -0.2) is 11.1 Å². The Kier molecular flexibility index (Phi) is 1.99. The predicted molar refractivity (Wildman–Crippen MR) is 42.5 cm³/mol. The van der Waals surface area contributed by atoms with Gasteiger partial charge in [-0.25, -0.2) is 9.18 Å². The molecule has 3 N–H and O–H groups in total. The maximum atomic E-state index is 13.0. The van der Waals surface area contributed by atoms with E-state index in [0.717, 1.165) is 0 Å². The van der Waals surface area contributed by atoms with E-state index >= 15 is 0 Å². The molecule has 0 amide bonds. The molecule has 0 saturated heterocycles. The first-order chi connectivity index (χ1) is 5.54. The number of aryl methyl sites for hydroxylation is 1. The molecule has 64 valence electrons. The van der Waals surface area contributed by atoms with E-state index < -0.39 is 11.8 Å². The van der Waals surface area contributed by atoms with Crippen molar-refractivity contribution in [1.29, 1.82) is 0 Å². The fraction of sp³-hybridized carbons (Fsp3) is 0.125.